The number of nitrogens with one attached hydrogen (secondary N) is 1. The van der Waals surface area contributed by atoms with Crippen LogP contribution in [0.5, 0.6) is 0 Å². The SMILES string of the molecule is CNC1(C)CCN(Cc2nnc(Cl)s2)CC1. The van der Waals surface area contributed by atoms with Crippen LogP contribution in [0, 0.1) is 0 Å². The highest BCUT2D eigenvalue weighted by atomic mass is 35.5. The Labute approximate surface area is 105 Å². The molecule has 0 bridgehead atoms. The second kappa shape index (κ2) is 4.96. The van der Waals surface area contributed by atoms with Crippen molar-refractivity contribution in [2.75, 3.05) is 20.1 Å². The molecule has 2 heterocycles. The van der Waals surface area contributed by atoms with E-state index in [1.807, 2.05) is 7.05 Å². The molecule has 4 nitrogen and oxygen atoms in total. The molecule has 0 aliphatic carbocycles. The number of hydrogen-bond acceptors (Lipinski definition) is 5. The van der Waals surface area contributed by atoms with Crippen LogP contribution in [0.3, 0.4) is 0 Å². The third kappa shape index (κ3) is 2.91. The summed E-state index contributed by atoms with van der Waals surface area (Å²) >= 11 is 7.24. The number of hydrogen-bond donors (Lipinski definition) is 1. The Morgan fingerprint density at radius 1 is 1.44 bits per heavy atom. The zero-order valence-electron chi connectivity index (χ0n) is 9.66. The topological polar surface area (TPSA) is 41.0 Å². The lowest BCUT2D eigenvalue weighted by molar-refractivity contribution is 0.146. The first-order valence-electron chi connectivity index (χ1n) is 5.50. The Kier molecular flexibility index (Phi) is 3.79. The highest BCUT2D eigenvalue weighted by Crippen LogP contribution is 2.23. The molecule has 1 N–H and O–H groups in total. The molecule has 1 fully saturated rings. The van der Waals surface area contributed by atoms with Crippen LogP contribution in [0.2, 0.25) is 4.47 Å². The fraction of sp³-hybridized carbons (Fsp3) is 0.800. The first-order valence-corrected chi connectivity index (χ1v) is 6.70. The van der Waals surface area contributed by atoms with Crippen LogP contribution in [-0.4, -0.2) is 40.8 Å². The Morgan fingerprint density at radius 2 is 2.12 bits per heavy atom. The van der Waals surface area contributed by atoms with Crippen molar-refractivity contribution in [1.29, 1.82) is 0 Å². The van der Waals surface area contributed by atoms with Crippen LogP contribution in [0.1, 0.15) is 24.8 Å². The molecule has 0 atom stereocenters. The molecule has 1 aromatic heterocycles. The third-order valence-electron chi connectivity index (χ3n) is 3.36. The molecule has 2 rings (SSSR count). The Morgan fingerprint density at radius 3 is 2.62 bits per heavy atom. The summed E-state index contributed by atoms with van der Waals surface area (Å²) in [5.41, 5.74) is 0.301. The molecule has 0 aromatic carbocycles. The zero-order chi connectivity index (χ0) is 11.6. The minimum Gasteiger partial charge on any atom is -0.314 e. The van der Waals surface area contributed by atoms with Crippen LogP contribution in [-0.2, 0) is 6.54 Å². The zero-order valence-corrected chi connectivity index (χ0v) is 11.2. The van der Waals surface area contributed by atoms with E-state index in [0.717, 1.165) is 24.6 Å². The maximum absolute atomic E-state index is 5.76. The van der Waals surface area contributed by atoms with Crippen molar-refractivity contribution in [1.82, 2.24) is 20.4 Å². The van der Waals surface area contributed by atoms with E-state index in [1.54, 1.807) is 0 Å². The van der Waals surface area contributed by atoms with Crippen molar-refractivity contribution in [2.45, 2.75) is 31.8 Å². The van der Waals surface area contributed by atoms with E-state index in [4.69, 9.17) is 11.6 Å². The van der Waals surface area contributed by atoms with Gasteiger partial charge in [-0.2, -0.15) is 0 Å². The van der Waals surface area contributed by atoms with Gasteiger partial charge in [-0.05, 0) is 38.4 Å². The highest BCUT2D eigenvalue weighted by Gasteiger charge is 2.28. The van der Waals surface area contributed by atoms with Gasteiger partial charge in [0.15, 0.2) is 0 Å². The number of nitrogens with zero attached hydrogens (tertiary/aromatic N) is 3. The van der Waals surface area contributed by atoms with E-state index in [0.29, 0.717) is 10.0 Å². The predicted molar refractivity (Wildman–Crippen MR) is 66.9 cm³/mol. The van der Waals surface area contributed by atoms with Crippen molar-refractivity contribution in [3.63, 3.8) is 0 Å². The van der Waals surface area contributed by atoms with Gasteiger partial charge in [0.2, 0.25) is 4.47 Å². The number of halogens is 1. The Hall–Kier alpha value is -0.230. The number of likely N-dealkylation sites (tertiary alicyclic amines) is 1. The highest BCUT2D eigenvalue weighted by molar-refractivity contribution is 7.15. The van der Waals surface area contributed by atoms with E-state index >= 15 is 0 Å². The van der Waals surface area contributed by atoms with Crippen LogP contribution < -0.4 is 5.32 Å². The van der Waals surface area contributed by atoms with Crippen molar-refractivity contribution < 1.29 is 0 Å². The molecule has 1 aliphatic heterocycles. The lowest BCUT2D eigenvalue weighted by atomic mass is 9.90. The van der Waals surface area contributed by atoms with Gasteiger partial charge in [-0.25, -0.2) is 0 Å². The standard InChI is InChI=1S/C10H17ClN4S/c1-10(12-2)3-5-15(6-4-10)7-8-13-14-9(11)16-8/h12H,3-7H2,1-2H3. The molecule has 90 valence electrons. The molecule has 0 saturated carbocycles. The van der Waals surface area contributed by atoms with Crippen molar-refractivity contribution in [2.24, 2.45) is 0 Å². The average Bonchev–Trinajstić information content (AvgIpc) is 2.68. The summed E-state index contributed by atoms with van der Waals surface area (Å²) in [6.45, 7) is 5.37. The maximum Gasteiger partial charge on any atom is 0.207 e. The van der Waals surface area contributed by atoms with Gasteiger partial charge in [0.25, 0.3) is 0 Å². The van der Waals surface area contributed by atoms with Crippen LogP contribution in [0.25, 0.3) is 0 Å². The smallest absolute Gasteiger partial charge is 0.207 e. The fourth-order valence-corrected chi connectivity index (χ4v) is 2.85. The molecule has 6 heteroatoms. The van der Waals surface area contributed by atoms with Crippen LogP contribution in [0.15, 0.2) is 0 Å². The minimum atomic E-state index is 0.301. The second-order valence-corrected chi connectivity index (χ2v) is 6.18. The van der Waals surface area contributed by atoms with Gasteiger partial charge < -0.3 is 5.32 Å². The summed E-state index contributed by atoms with van der Waals surface area (Å²) in [6.07, 6.45) is 2.35. The van der Waals surface area contributed by atoms with Crippen molar-refractivity contribution in [3.8, 4) is 0 Å². The second-order valence-electron chi connectivity index (χ2n) is 4.54. The summed E-state index contributed by atoms with van der Waals surface area (Å²) in [7, 11) is 2.04. The van der Waals surface area contributed by atoms with Crippen LogP contribution in [0.4, 0.5) is 0 Å². The van der Waals surface area contributed by atoms with Gasteiger partial charge in [-0.1, -0.05) is 11.3 Å². The van der Waals surface area contributed by atoms with E-state index in [9.17, 15) is 0 Å². The van der Waals surface area contributed by atoms with E-state index in [1.165, 1.54) is 24.2 Å². The van der Waals surface area contributed by atoms with Gasteiger partial charge in [0.1, 0.15) is 5.01 Å². The quantitative estimate of drug-likeness (QED) is 0.899. The molecular weight excluding hydrogens is 244 g/mol. The minimum absolute atomic E-state index is 0.301. The van der Waals surface area contributed by atoms with Gasteiger partial charge >= 0.3 is 0 Å². The largest absolute Gasteiger partial charge is 0.314 e. The molecule has 1 aliphatic rings. The number of rotatable bonds is 3. The summed E-state index contributed by atoms with van der Waals surface area (Å²) in [5.74, 6) is 0. The number of aromatic nitrogens is 2. The summed E-state index contributed by atoms with van der Waals surface area (Å²) in [6, 6.07) is 0. The summed E-state index contributed by atoms with van der Waals surface area (Å²) < 4.78 is 0.534. The monoisotopic (exact) mass is 260 g/mol. The number of piperidine rings is 1. The molecule has 16 heavy (non-hydrogen) atoms. The van der Waals surface area contributed by atoms with Gasteiger partial charge in [0.05, 0.1) is 6.54 Å². The van der Waals surface area contributed by atoms with Crippen molar-refractivity contribution in [3.05, 3.63) is 9.47 Å². The molecule has 1 saturated heterocycles. The first kappa shape index (κ1) is 12.2. The normalized spacial score (nSPS) is 21.2. The predicted octanol–water partition coefficient (Wildman–Crippen LogP) is 1.77. The van der Waals surface area contributed by atoms with E-state index in [-0.39, 0.29) is 0 Å². The average molecular weight is 261 g/mol. The maximum atomic E-state index is 5.76. The third-order valence-corrected chi connectivity index (χ3v) is 4.37. The van der Waals surface area contributed by atoms with Crippen molar-refractivity contribution >= 4 is 22.9 Å². The lowest BCUT2D eigenvalue weighted by Gasteiger charge is -2.38. The Bertz CT molecular complexity index is 346. The van der Waals surface area contributed by atoms with Gasteiger partial charge in [0, 0.05) is 18.6 Å². The molecule has 1 aromatic rings. The summed E-state index contributed by atoms with van der Waals surface area (Å²) in [4.78, 5) is 2.41. The van der Waals surface area contributed by atoms with Gasteiger partial charge in [-0.3, -0.25) is 4.90 Å². The molecule has 0 radical (unpaired) electrons. The molecule has 0 spiro atoms. The molecular formula is C10H17ClN4S. The molecule has 0 amide bonds. The van der Waals surface area contributed by atoms with Crippen LogP contribution >= 0.6 is 22.9 Å². The molecule has 0 unspecified atom stereocenters. The fourth-order valence-electron chi connectivity index (χ4n) is 1.94. The summed E-state index contributed by atoms with van der Waals surface area (Å²) in [5, 5.41) is 12.3. The first-order chi connectivity index (χ1) is 7.61. The van der Waals surface area contributed by atoms with E-state index in [2.05, 4.69) is 27.3 Å². The van der Waals surface area contributed by atoms with Gasteiger partial charge in [-0.15, -0.1) is 10.2 Å². The lowest BCUT2D eigenvalue weighted by Crippen LogP contribution is -2.49. The van der Waals surface area contributed by atoms with E-state index < -0.39 is 0 Å². The Balaban J connectivity index is 1.86.